The summed E-state index contributed by atoms with van der Waals surface area (Å²) < 4.78 is 0. The molecule has 0 aromatic rings. The zero-order chi connectivity index (χ0) is 12.4. The van der Waals surface area contributed by atoms with Gasteiger partial charge in [0.05, 0.1) is 6.10 Å². The Bertz CT molecular complexity index is 243. The number of aliphatic hydroxyl groups is 1. The molecule has 17 heavy (non-hydrogen) atoms. The highest BCUT2D eigenvalue weighted by Gasteiger charge is 2.33. The number of aliphatic hydroxyl groups excluding tert-OH is 1. The highest BCUT2D eigenvalue weighted by molar-refractivity contribution is 4.86. The molecule has 1 N–H and O–H groups in total. The summed E-state index contributed by atoms with van der Waals surface area (Å²) in [6.45, 7) is 9.35. The van der Waals surface area contributed by atoms with Crippen molar-refractivity contribution >= 4 is 0 Å². The fourth-order valence-corrected chi connectivity index (χ4v) is 3.85. The van der Waals surface area contributed by atoms with Gasteiger partial charge in [0.1, 0.15) is 0 Å². The van der Waals surface area contributed by atoms with E-state index in [4.69, 9.17) is 0 Å². The third-order valence-corrected chi connectivity index (χ3v) is 5.01. The van der Waals surface area contributed by atoms with Crippen LogP contribution in [-0.2, 0) is 0 Å². The van der Waals surface area contributed by atoms with Gasteiger partial charge in [-0.3, -0.25) is 0 Å². The average Bonchev–Trinajstić information content (AvgIpc) is 2.60. The maximum Gasteiger partial charge on any atom is 0.0580 e. The fourth-order valence-electron chi connectivity index (χ4n) is 3.85. The van der Waals surface area contributed by atoms with Crippen molar-refractivity contribution in [3.05, 3.63) is 0 Å². The molecule has 0 aromatic carbocycles. The van der Waals surface area contributed by atoms with Crippen LogP contribution < -0.4 is 0 Å². The number of rotatable bonds is 3. The van der Waals surface area contributed by atoms with Crippen molar-refractivity contribution in [2.24, 2.45) is 17.8 Å². The predicted octanol–water partition coefficient (Wildman–Crippen LogP) is 2.90. The molecule has 2 fully saturated rings. The Morgan fingerprint density at radius 2 is 1.94 bits per heavy atom. The minimum Gasteiger partial charge on any atom is -0.393 e. The molecule has 0 radical (unpaired) electrons. The van der Waals surface area contributed by atoms with Crippen molar-refractivity contribution in [1.29, 1.82) is 0 Å². The van der Waals surface area contributed by atoms with E-state index in [1.807, 2.05) is 0 Å². The van der Waals surface area contributed by atoms with Crippen LogP contribution in [0.5, 0.6) is 0 Å². The maximum atomic E-state index is 10.2. The Kier molecular flexibility index (Phi) is 4.48. The van der Waals surface area contributed by atoms with Gasteiger partial charge in [0.2, 0.25) is 0 Å². The van der Waals surface area contributed by atoms with Gasteiger partial charge in [0.15, 0.2) is 0 Å². The summed E-state index contributed by atoms with van der Waals surface area (Å²) >= 11 is 0. The third kappa shape index (κ3) is 3.23. The van der Waals surface area contributed by atoms with Gasteiger partial charge < -0.3 is 10.0 Å². The summed E-state index contributed by atoms with van der Waals surface area (Å²) in [5.74, 6) is 2.23. The van der Waals surface area contributed by atoms with Crippen LogP contribution in [0.15, 0.2) is 0 Å². The number of hydrogen-bond donors (Lipinski definition) is 1. The van der Waals surface area contributed by atoms with Gasteiger partial charge in [-0.25, -0.2) is 0 Å². The highest BCUT2D eigenvalue weighted by atomic mass is 16.3. The van der Waals surface area contributed by atoms with Crippen LogP contribution in [-0.4, -0.2) is 35.2 Å². The number of hydrogen-bond acceptors (Lipinski definition) is 2. The summed E-state index contributed by atoms with van der Waals surface area (Å²) in [6.07, 6.45) is 6.09. The molecule has 1 heterocycles. The highest BCUT2D eigenvalue weighted by Crippen LogP contribution is 2.33. The minimum absolute atomic E-state index is 0.0408. The van der Waals surface area contributed by atoms with Crippen molar-refractivity contribution in [2.45, 2.75) is 65.0 Å². The summed E-state index contributed by atoms with van der Waals surface area (Å²) in [5.41, 5.74) is 0. The van der Waals surface area contributed by atoms with Crippen molar-refractivity contribution in [2.75, 3.05) is 13.1 Å². The molecule has 0 spiro atoms. The molecular weight excluding hydrogens is 210 g/mol. The van der Waals surface area contributed by atoms with Gasteiger partial charge in [0, 0.05) is 19.1 Å². The minimum atomic E-state index is -0.0408. The molecule has 100 valence electrons. The van der Waals surface area contributed by atoms with Gasteiger partial charge in [-0.2, -0.15) is 0 Å². The van der Waals surface area contributed by atoms with Crippen molar-refractivity contribution in [3.8, 4) is 0 Å². The SMILES string of the molecule is CCC1CCC(O)C(CN2CC(C)CC2C)C1. The largest absolute Gasteiger partial charge is 0.393 e. The molecule has 0 aromatic heterocycles. The first-order valence-electron chi connectivity index (χ1n) is 7.52. The lowest BCUT2D eigenvalue weighted by atomic mass is 9.78. The second-order valence-electron chi connectivity index (χ2n) is 6.56. The molecule has 2 rings (SSSR count). The molecule has 0 amide bonds. The molecule has 0 bridgehead atoms. The second-order valence-corrected chi connectivity index (χ2v) is 6.56. The molecule has 1 aliphatic heterocycles. The van der Waals surface area contributed by atoms with Gasteiger partial charge in [-0.1, -0.05) is 20.3 Å². The normalized spacial score (nSPS) is 44.1. The summed E-state index contributed by atoms with van der Waals surface area (Å²) in [6, 6.07) is 0.721. The Labute approximate surface area is 106 Å². The average molecular weight is 239 g/mol. The molecule has 1 saturated heterocycles. The topological polar surface area (TPSA) is 23.5 Å². The lowest BCUT2D eigenvalue weighted by molar-refractivity contribution is 0.0252. The van der Waals surface area contributed by atoms with E-state index >= 15 is 0 Å². The molecule has 5 unspecified atom stereocenters. The van der Waals surface area contributed by atoms with Gasteiger partial charge in [0.25, 0.3) is 0 Å². The first-order chi connectivity index (χ1) is 8.10. The third-order valence-electron chi connectivity index (χ3n) is 5.01. The molecule has 2 nitrogen and oxygen atoms in total. The van der Waals surface area contributed by atoms with E-state index in [9.17, 15) is 5.11 Å². The molecular formula is C15H29NO. The van der Waals surface area contributed by atoms with E-state index in [2.05, 4.69) is 25.7 Å². The van der Waals surface area contributed by atoms with Gasteiger partial charge >= 0.3 is 0 Å². The first kappa shape index (κ1) is 13.4. The van der Waals surface area contributed by atoms with E-state index in [0.29, 0.717) is 5.92 Å². The van der Waals surface area contributed by atoms with E-state index in [-0.39, 0.29) is 6.10 Å². The zero-order valence-corrected chi connectivity index (χ0v) is 11.7. The standard InChI is InChI=1S/C15H29NO/c1-4-13-5-6-15(17)14(8-13)10-16-9-11(2)7-12(16)3/h11-15,17H,4-10H2,1-3H3. The Morgan fingerprint density at radius 3 is 2.53 bits per heavy atom. The predicted molar refractivity (Wildman–Crippen MR) is 71.9 cm³/mol. The smallest absolute Gasteiger partial charge is 0.0580 e. The van der Waals surface area contributed by atoms with Crippen LogP contribution in [0.2, 0.25) is 0 Å². The lowest BCUT2D eigenvalue weighted by Gasteiger charge is -2.36. The van der Waals surface area contributed by atoms with Crippen LogP contribution in [0.25, 0.3) is 0 Å². The van der Waals surface area contributed by atoms with Crippen molar-refractivity contribution in [1.82, 2.24) is 4.90 Å². The van der Waals surface area contributed by atoms with Crippen molar-refractivity contribution in [3.63, 3.8) is 0 Å². The van der Waals surface area contributed by atoms with Crippen molar-refractivity contribution < 1.29 is 5.11 Å². The Hall–Kier alpha value is -0.0800. The van der Waals surface area contributed by atoms with Crippen LogP contribution in [0.4, 0.5) is 0 Å². The quantitative estimate of drug-likeness (QED) is 0.818. The lowest BCUT2D eigenvalue weighted by Crippen LogP contribution is -2.40. The number of likely N-dealkylation sites (tertiary alicyclic amines) is 1. The summed E-state index contributed by atoms with van der Waals surface area (Å²) in [5, 5.41) is 10.2. The van der Waals surface area contributed by atoms with Crippen LogP contribution >= 0.6 is 0 Å². The molecule has 5 atom stereocenters. The van der Waals surface area contributed by atoms with E-state index < -0.39 is 0 Å². The van der Waals surface area contributed by atoms with Crippen LogP contribution in [0, 0.1) is 17.8 Å². The molecule has 2 heteroatoms. The van der Waals surface area contributed by atoms with E-state index in [1.165, 1.54) is 32.2 Å². The summed E-state index contributed by atoms with van der Waals surface area (Å²) in [7, 11) is 0. The molecule has 1 aliphatic carbocycles. The Balaban J connectivity index is 1.88. The van der Waals surface area contributed by atoms with Crippen LogP contribution in [0.1, 0.15) is 52.9 Å². The second kappa shape index (κ2) is 5.71. The number of nitrogens with zero attached hydrogens (tertiary/aromatic N) is 1. The first-order valence-corrected chi connectivity index (χ1v) is 7.52. The van der Waals surface area contributed by atoms with E-state index in [0.717, 1.165) is 30.8 Å². The van der Waals surface area contributed by atoms with Gasteiger partial charge in [-0.15, -0.1) is 0 Å². The Morgan fingerprint density at radius 1 is 1.18 bits per heavy atom. The van der Waals surface area contributed by atoms with Gasteiger partial charge in [-0.05, 0) is 50.4 Å². The maximum absolute atomic E-state index is 10.2. The molecule has 2 aliphatic rings. The van der Waals surface area contributed by atoms with E-state index in [1.54, 1.807) is 0 Å². The van der Waals surface area contributed by atoms with Crippen LogP contribution in [0.3, 0.4) is 0 Å². The summed E-state index contributed by atoms with van der Waals surface area (Å²) in [4.78, 5) is 2.61. The monoisotopic (exact) mass is 239 g/mol. The fraction of sp³-hybridized carbons (Fsp3) is 1.00. The molecule has 1 saturated carbocycles. The zero-order valence-electron chi connectivity index (χ0n) is 11.7.